The van der Waals surface area contributed by atoms with Crippen LogP contribution >= 0.6 is 0 Å². The Kier molecular flexibility index (Phi) is 29.3. The van der Waals surface area contributed by atoms with Crippen LogP contribution in [-0.2, 0) is 54.5 Å². The number of hydrogen-bond acceptors (Lipinski definition) is 12. The van der Waals surface area contributed by atoms with Gasteiger partial charge in [-0.2, -0.15) is 13.2 Å². The van der Waals surface area contributed by atoms with Gasteiger partial charge in [-0.05, 0) is 67.9 Å². The van der Waals surface area contributed by atoms with E-state index in [0.29, 0.717) is 37.1 Å². The maximum atomic E-state index is 15.1. The van der Waals surface area contributed by atoms with E-state index in [1.165, 1.54) is 30.4 Å². The number of rotatable bonds is 28. The summed E-state index contributed by atoms with van der Waals surface area (Å²) in [6, 6.07) is 9.60. The minimum atomic E-state index is -5.08. The van der Waals surface area contributed by atoms with E-state index in [-0.39, 0.29) is 69.2 Å². The van der Waals surface area contributed by atoms with Crippen molar-refractivity contribution >= 4 is 59.2 Å². The predicted molar refractivity (Wildman–Crippen MR) is 288 cm³/mol. The highest BCUT2D eigenvalue weighted by Gasteiger charge is 2.39. The van der Waals surface area contributed by atoms with Crippen LogP contribution in [0.25, 0.3) is 11.1 Å². The number of nitrogens with zero attached hydrogens (tertiary/aromatic N) is 3. The molecule has 1 aliphatic heterocycles. The summed E-state index contributed by atoms with van der Waals surface area (Å²) in [5, 5.41) is 39.2. The Morgan fingerprint density at radius 3 is 1.93 bits per heavy atom. The number of benzene rings is 2. The lowest BCUT2D eigenvalue weighted by Gasteiger charge is -2.41. The monoisotopic (exact) mass is 1160 g/mol. The van der Waals surface area contributed by atoms with Crippen molar-refractivity contribution < 1.29 is 85.2 Å². The van der Waals surface area contributed by atoms with Gasteiger partial charge in [0.05, 0.1) is 18.6 Å². The molecule has 452 valence electrons. The third-order valence-electron chi connectivity index (χ3n) is 11.9. The van der Waals surface area contributed by atoms with Crippen LogP contribution in [0.4, 0.5) is 22.0 Å². The minimum Gasteiger partial charge on any atom is -0.480 e. The van der Waals surface area contributed by atoms with Gasteiger partial charge in [-0.15, -0.1) is 0 Å². The Morgan fingerprint density at radius 2 is 1.35 bits per heavy atom. The number of carboxylic acid groups (broad SMARTS) is 2. The van der Waals surface area contributed by atoms with Crippen molar-refractivity contribution in [2.75, 3.05) is 39.3 Å². The first-order valence-electron chi connectivity index (χ1n) is 26.3. The molecule has 4 rings (SSSR count). The summed E-state index contributed by atoms with van der Waals surface area (Å²) < 4.78 is 63.1. The highest BCUT2D eigenvalue weighted by atomic mass is 19.4. The van der Waals surface area contributed by atoms with E-state index < -0.39 is 108 Å². The van der Waals surface area contributed by atoms with Gasteiger partial charge in [-0.1, -0.05) is 77.8 Å². The lowest BCUT2D eigenvalue weighted by atomic mass is 9.82. The van der Waals surface area contributed by atoms with Crippen LogP contribution in [0.3, 0.4) is 0 Å². The van der Waals surface area contributed by atoms with Gasteiger partial charge in [0.1, 0.15) is 30.3 Å². The summed E-state index contributed by atoms with van der Waals surface area (Å²) >= 11 is 0. The summed E-state index contributed by atoms with van der Waals surface area (Å²) in [6.07, 6.45) is 1.10. The summed E-state index contributed by atoms with van der Waals surface area (Å²) in [7, 11) is 0. The van der Waals surface area contributed by atoms with Crippen molar-refractivity contribution in [3.05, 3.63) is 95.8 Å². The molecule has 0 bridgehead atoms. The highest BCUT2D eigenvalue weighted by Crippen LogP contribution is 2.41. The fourth-order valence-electron chi connectivity index (χ4n) is 7.96. The van der Waals surface area contributed by atoms with Crippen LogP contribution in [0.2, 0.25) is 0 Å². The number of alkyl halides is 3. The van der Waals surface area contributed by atoms with Crippen LogP contribution in [0.15, 0.2) is 72.9 Å². The number of nitrogens with one attached hydrogen (secondary N) is 5. The lowest BCUT2D eigenvalue weighted by Crippen LogP contribution is -2.52. The Hall–Kier alpha value is -8.07. The van der Waals surface area contributed by atoms with E-state index in [2.05, 4.69) is 40.4 Å². The van der Waals surface area contributed by atoms with Gasteiger partial charge in [0, 0.05) is 80.7 Å². The van der Waals surface area contributed by atoms with E-state index in [4.69, 9.17) is 15.6 Å². The first kappa shape index (κ1) is 70.0. The first-order chi connectivity index (χ1) is 38.4. The number of imide groups is 1. The van der Waals surface area contributed by atoms with E-state index in [1.54, 1.807) is 12.3 Å². The molecule has 8 amide bonds. The Morgan fingerprint density at radius 1 is 0.756 bits per heavy atom. The number of aliphatic hydroxyl groups excluding tert-OH is 1. The number of unbranched alkanes of at least 4 members (excludes halogenated alkanes) is 2. The quantitative estimate of drug-likeness (QED) is 0.0284. The molecule has 0 spiro atoms. The molecule has 2 aromatic carbocycles. The largest absolute Gasteiger partial charge is 0.490 e. The van der Waals surface area contributed by atoms with Crippen molar-refractivity contribution in [2.45, 2.75) is 130 Å². The number of aliphatic hydroxyl groups is 1. The van der Waals surface area contributed by atoms with Gasteiger partial charge in [-0.3, -0.25) is 43.3 Å². The fourth-order valence-corrected chi connectivity index (χ4v) is 7.96. The Balaban J connectivity index is 0.00000210. The second-order valence-electron chi connectivity index (χ2n) is 19.9. The zero-order valence-electron chi connectivity index (χ0n) is 46.6. The van der Waals surface area contributed by atoms with Crippen LogP contribution in [-0.4, -0.2) is 153 Å². The third kappa shape index (κ3) is 24.3. The van der Waals surface area contributed by atoms with Crippen molar-refractivity contribution in [3.63, 3.8) is 0 Å². The number of hydrogen-bond donors (Lipinski definition) is 9. The first-order valence-corrected chi connectivity index (χ1v) is 26.3. The molecule has 22 nitrogen and oxygen atoms in total. The zero-order valence-corrected chi connectivity index (χ0v) is 46.6. The molecule has 0 fully saturated rings. The predicted octanol–water partition coefficient (Wildman–Crippen LogP) is 3.85. The van der Waals surface area contributed by atoms with Crippen molar-refractivity contribution in [1.29, 1.82) is 0 Å². The molecule has 3 aromatic rings. The maximum absolute atomic E-state index is 15.1. The molecule has 0 saturated heterocycles. The summed E-state index contributed by atoms with van der Waals surface area (Å²) in [4.78, 5) is 123. The molecule has 2 heterocycles. The van der Waals surface area contributed by atoms with E-state index in [9.17, 15) is 70.9 Å². The van der Waals surface area contributed by atoms with Crippen molar-refractivity contribution in [2.24, 2.45) is 11.1 Å². The molecule has 10 N–H and O–H groups in total. The van der Waals surface area contributed by atoms with E-state index in [1.807, 2.05) is 55.7 Å². The molecule has 4 atom stereocenters. The molecule has 27 heteroatoms. The van der Waals surface area contributed by atoms with Crippen LogP contribution in [0, 0.1) is 17.0 Å². The Bertz CT molecular complexity index is 2680. The standard InChI is InChI=1S/C50H65F2N9O11.C3H8.C2HF3O2/c1-31(57-42(65)27-56-40(63)13-9-6-10-23-60-43(66)18-19-44(60)67)47(69)58-38(49(71)72)16-17-41(64)54-21-22-55-48(70)37(53)20-24-61(45(68)30-62)46(50(2,3)4)39-25-33(35-26-34(51)14-15-36(35)52)29-59(39)28-32-11-7-5-8-12-32;1-3-2;3-2(4,5)1(6)7/h5,7-8,11-12,14-15,18-19,25-26,29,31,37-38,46,62H,6,9-10,13,16-17,20-24,27-28,30,53H2,1-4H3,(H,54,64)(H,55,70)(H,56,63)(H,57,65)(H,58,69)(H,71,72);3H2,1-2H3;(H,6,7). The second-order valence-corrected chi connectivity index (χ2v) is 19.9. The number of halogens is 5. The molecule has 82 heavy (non-hydrogen) atoms. The normalized spacial score (nSPS) is 13.5. The zero-order chi connectivity index (χ0) is 61.9. The van der Waals surface area contributed by atoms with Gasteiger partial charge >= 0.3 is 18.1 Å². The van der Waals surface area contributed by atoms with Crippen LogP contribution in [0.5, 0.6) is 0 Å². The summed E-state index contributed by atoms with van der Waals surface area (Å²) in [5.41, 5.74) is 7.41. The van der Waals surface area contributed by atoms with Gasteiger partial charge in [0.25, 0.3) is 11.8 Å². The fraction of sp³-hybridized carbons (Fsp3) is 0.491. The number of aromatic nitrogens is 1. The van der Waals surface area contributed by atoms with Crippen molar-refractivity contribution in [1.82, 2.24) is 41.0 Å². The number of carboxylic acids is 2. The topological polar surface area (TPSA) is 329 Å². The van der Waals surface area contributed by atoms with E-state index in [0.717, 1.165) is 28.7 Å². The molecule has 0 saturated carbocycles. The second kappa shape index (κ2) is 34.3. The van der Waals surface area contributed by atoms with Gasteiger partial charge < -0.3 is 57.1 Å². The van der Waals surface area contributed by atoms with Crippen LogP contribution < -0.4 is 32.3 Å². The smallest absolute Gasteiger partial charge is 0.480 e. The van der Waals surface area contributed by atoms with Gasteiger partial charge in [0.2, 0.25) is 35.4 Å². The SMILES string of the molecule is CC(NC(=O)CNC(=O)CCCCCN1C(=O)C=CC1=O)C(=O)NC(CCC(=O)NCCNC(=O)C(N)CCN(C(=O)CO)C(c1cc(-c2cc(F)ccc2F)cn1Cc1ccccc1)C(C)(C)C)C(=O)O.CCC.O=C(O)C(F)(F)F. The lowest BCUT2D eigenvalue weighted by molar-refractivity contribution is -0.192. The third-order valence-corrected chi connectivity index (χ3v) is 11.9. The van der Waals surface area contributed by atoms with E-state index >= 15 is 4.39 Å². The average Bonchev–Trinajstić information content (AvgIpc) is 3.96. The Labute approximate surface area is 471 Å². The van der Waals surface area contributed by atoms with Gasteiger partial charge in [0.15, 0.2) is 0 Å². The maximum Gasteiger partial charge on any atom is 0.490 e. The molecule has 1 aliphatic rings. The number of aliphatic carboxylic acids is 2. The minimum absolute atomic E-state index is 0.0187. The molecular weight excluding hydrogens is 1090 g/mol. The average molecular weight is 1160 g/mol. The number of nitrogens with two attached hydrogens (primary N) is 1. The number of carbonyl (C=O) groups excluding carboxylic acids is 8. The van der Waals surface area contributed by atoms with Crippen molar-refractivity contribution in [3.8, 4) is 11.1 Å². The summed E-state index contributed by atoms with van der Waals surface area (Å²) in [5.74, 6) is -10.1. The molecule has 0 aliphatic carbocycles. The molecule has 0 radical (unpaired) electrons. The number of amides is 8. The van der Waals surface area contributed by atoms with Gasteiger partial charge in [-0.25, -0.2) is 18.4 Å². The molecular formula is C55H74F5N9O13. The highest BCUT2D eigenvalue weighted by molar-refractivity contribution is 6.12. The number of carbonyl (C=O) groups is 10. The molecule has 1 aromatic heterocycles. The molecule has 4 unspecified atom stereocenters. The summed E-state index contributed by atoms with van der Waals surface area (Å²) in [6.45, 7) is 10.2. The van der Waals surface area contributed by atoms with Crippen LogP contribution in [0.1, 0.15) is 110 Å².